The van der Waals surface area contributed by atoms with Crippen LogP contribution in [0.3, 0.4) is 0 Å². The molecule has 1 aliphatic rings. The molecule has 0 spiro atoms. The van der Waals surface area contributed by atoms with Crippen molar-refractivity contribution in [2.45, 2.75) is 37.8 Å². The maximum absolute atomic E-state index is 14.4. The molecule has 1 amide bonds. The monoisotopic (exact) mass is 389 g/mol. The Kier molecular flexibility index (Phi) is 5.84. The number of amides is 1. The highest BCUT2D eigenvalue weighted by Gasteiger charge is 2.46. The standard InChI is InChI=1S/C21H22F3N3O/c1-14(28)27-21(10-9-17(25)13-22,15-5-3-2-4-6-15)12-20(26-27)18-11-16(23)7-8-19(18)24/h2-8,11,17H,9-10,12-13,25H2,1H3/t17-,21-/m0/s1. The predicted octanol–water partition coefficient (Wildman–Crippen LogP) is 3.89. The van der Waals surface area contributed by atoms with Crippen LogP contribution in [0, 0.1) is 11.6 Å². The smallest absolute Gasteiger partial charge is 0.240 e. The fourth-order valence-electron chi connectivity index (χ4n) is 3.66. The zero-order chi connectivity index (χ0) is 20.3. The number of hydrogen-bond donors (Lipinski definition) is 1. The Balaban J connectivity index is 2.08. The molecule has 2 atom stereocenters. The minimum absolute atomic E-state index is 0.0128. The van der Waals surface area contributed by atoms with Gasteiger partial charge in [0, 0.05) is 24.9 Å². The number of halogens is 3. The Bertz CT molecular complexity index is 888. The van der Waals surface area contributed by atoms with E-state index in [4.69, 9.17) is 5.73 Å². The van der Waals surface area contributed by atoms with Gasteiger partial charge in [-0.2, -0.15) is 5.10 Å². The Labute approximate surface area is 161 Å². The molecule has 28 heavy (non-hydrogen) atoms. The molecular weight excluding hydrogens is 367 g/mol. The number of carbonyl (C=O) groups excluding carboxylic acids is 1. The van der Waals surface area contributed by atoms with Gasteiger partial charge in [0.1, 0.15) is 18.3 Å². The number of nitrogens with zero attached hydrogens (tertiary/aromatic N) is 2. The van der Waals surface area contributed by atoms with E-state index >= 15 is 0 Å². The van der Waals surface area contributed by atoms with Crippen molar-refractivity contribution in [2.24, 2.45) is 10.8 Å². The van der Waals surface area contributed by atoms with Crippen LogP contribution in [0.5, 0.6) is 0 Å². The highest BCUT2D eigenvalue weighted by Crippen LogP contribution is 2.43. The van der Waals surface area contributed by atoms with Crippen LogP contribution in [0.4, 0.5) is 13.2 Å². The molecule has 2 aromatic carbocycles. The summed E-state index contributed by atoms with van der Waals surface area (Å²) >= 11 is 0. The summed E-state index contributed by atoms with van der Waals surface area (Å²) < 4.78 is 41.0. The van der Waals surface area contributed by atoms with Gasteiger partial charge in [0.25, 0.3) is 0 Å². The zero-order valence-electron chi connectivity index (χ0n) is 15.5. The zero-order valence-corrected chi connectivity index (χ0v) is 15.5. The fraction of sp³-hybridized carbons (Fsp3) is 0.333. The summed E-state index contributed by atoms with van der Waals surface area (Å²) in [6.07, 6.45) is 0.825. The molecule has 0 radical (unpaired) electrons. The van der Waals surface area contributed by atoms with Crippen LogP contribution in [-0.2, 0) is 10.3 Å². The first-order chi connectivity index (χ1) is 13.4. The van der Waals surface area contributed by atoms with E-state index in [1.165, 1.54) is 11.9 Å². The lowest BCUT2D eigenvalue weighted by Gasteiger charge is -2.37. The molecule has 2 aromatic rings. The summed E-state index contributed by atoms with van der Waals surface area (Å²) in [5, 5.41) is 5.65. The van der Waals surface area contributed by atoms with Crippen molar-refractivity contribution in [3.8, 4) is 0 Å². The van der Waals surface area contributed by atoms with Gasteiger partial charge in [-0.05, 0) is 36.6 Å². The van der Waals surface area contributed by atoms with Crippen LogP contribution in [0.1, 0.15) is 37.3 Å². The summed E-state index contributed by atoms with van der Waals surface area (Å²) in [5.41, 5.74) is 5.90. The fourth-order valence-corrected chi connectivity index (χ4v) is 3.66. The molecule has 0 bridgehead atoms. The van der Waals surface area contributed by atoms with E-state index < -0.39 is 29.9 Å². The molecular formula is C21H22F3N3O. The van der Waals surface area contributed by atoms with Crippen molar-refractivity contribution in [3.63, 3.8) is 0 Å². The third kappa shape index (κ3) is 3.80. The predicted molar refractivity (Wildman–Crippen MR) is 101 cm³/mol. The lowest BCUT2D eigenvalue weighted by Crippen LogP contribution is -2.44. The van der Waals surface area contributed by atoms with Crippen molar-refractivity contribution in [2.75, 3.05) is 6.67 Å². The van der Waals surface area contributed by atoms with E-state index in [1.807, 2.05) is 30.3 Å². The number of rotatable bonds is 6. The SMILES string of the molecule is CC(=O)N1N=C(c2cc(F)ccc2F)C[C@@]1(CC[C@H](N)CF)c1ccccc1. The second kappa shape index (κ2) is 8.14. The first-order valence-corrected chi connectivity index (χ1v) is 9.08. The molecule has 1 aliphatic heterocycles. The summed E-state index contributed by atoms with van der Waals surface area (Å²) in [6, 6.07) is 11.6. The van der Waals surface area contributed by atoms with E-state index in [0.29, 0.717) is 12.8 Å². The van der Waals surface area contributed by atoms with Gasteiger partial charge in [-0.25, -0.2) is 18.2 Å². The van der Waals surface area contributed by atoms with Gasteiger partial charge in [-0.3, -0.25) is 4.79 Å². The van der Waals surface area contributed by atoms with Crippen molar-refractivity contribution in [1.29, 1.82) is 0 Å². The molecule has 0 aliphatic carbocycles. The number of hydrogen-bond acceptors (Lipinski definition) is 3. The molecule has 0 unspecified atom stereocenters. The highest BCUT2D eigenvalue weighted by atomic mass is 19.1. The van der Waals surface area contributed by atoms with E-state index in [-0.39, 0.29) is 23.6 Å². The maximum Gasteiger partial charge on any atom is 0.240 e. The summed E-state index contributed by atoms with van der Waals surface area (Å²) in [5.74, 6) is -1.55. The number of alkyl halides is 1. The summed E-state index contributed by atoms with van der Waals surface area (Å²) in [7, 11) is 0. The average molecular weight is 389 g/mol. The van der Waals surface area contributed by atoms with Gasteiger partial charge in [0.2, 0.25) is 5.91 Å². The number of hydrazone groups is 1. The second-order valence-corrected chi connectivity index (χ2v) is 7.03. The normalized spacial score (nSPS) is 20.2. The number of benzene rings is 2. The molecule has 0 aromatic heterocycles. The van der Waals surface area contributed by atoms with E-state index in [1.54, 1.807) is 0 Å². The second-order valence-electron chi connectivity index (χ2n) is 7.03. The molecule has 3 rings (SSSR count). The number of nitrogens with two attached hydrogens (primary N) is 1. The third-order valence-corrected chi connectivity index (χ3v) is 5.06. The molecule has 2 N–H and O–H groups in total. The molecule has 148 valence electrons. The number of carbonyl (C=O) groups is 1. The van der Waals surface area contributed by atoms with Gasteiger partial charge in [0.15, 0.2) is 0 Å². The van der Waals surface area contributed by atoms with E-state index in [9.17, 15) is 18.0 Å². The van der Waals surface area contributed by atoms with Gasteiger partial charge in [0.05, 0.1) is 11.3 Å². The van der Waals surface area contributed by atoms with E-state index in [2.05, 4.69) is 5.10 Å². The van der Waals surface area contributed by atoms with Crippen molar-refractivity contribution < 1.29 is 18.0 Å². The van der Waals surface area contributed by atoms with Crippen LogP contribution in [-0.4, -0.2) is 29.3 Å². The topological polar surface area (TPSA) is 58.7 Å². The molecule has 7 heteroatoms. The van der Waals surface area contributed by atoms with Crippen LogP contribution in [0.15, 0.2) is 53.6 Å². The average Bonchev–Trinajstić information content (AvgIpc) is 3.09. The van der Waals surface area contributed by atoms with Gasteiger partial charge >= 0.3 is 0 Å². The molecule has 1 heterocycles. The Morgan fingerprint density at radius 2 is 1.96 bits per heavy atom. The molecule has 0 fully saturated rings. The third-order valence-electron chi connectivity index (χ3n) is 5.06. The summed E-state index contributed by atoms with van der Waals surface area (Å²) in [4.78, 5) is 12.4. The largest absolute Gasteiger partial charge is 0.325 e. The first-order valence-electron chi connectivity index (χ1n) is 9.08. The van der Waals surface area contributed by atoms with Crippen LogP contribution < -0.4 is 5.73 Å². The quantitative estimate of drug-likeness (QED) is 0.815. The lowest BCUT2D eigenvalue weighted by molar-refractivity contribution is -0.135. The van der Waals surface area contributed by atoms with Crippen LogP contribution in [0.2, 0.25) is 0 Å². The highest BCUT2D eigenvalue weighted by molar-refractivity contribution is 6.03. The minimum Gasteiger partial charge on any atom is -0.325 e. The maximum atomic E-state index is 14.4. The molecule has 0 saturated heterocycles. The Morgan fingerprint density at radius 3 is 2.61 bits per heavy atom. The Morgan fingerprint density at radius 1 is 1.25 bits per heavy atom. The van der Waals surface area contributed by atoms with Gasteiger partial charge in [-0.1, -0.05) is 30.3 Å². The molecule has 0 saturated carbocycles. The molecule has 4 nitrogen and oxygen atoms in total. The van der Waals surface area contributed by atoms with Gasteiger partial charge in [-0.15, -0.1) is 0 Å². The van der Waals surface area contributed by atoms with Gasteiger partial charge < -0.3 is 5.73 Å². The van der Waals surface area contributed by atoms with Crippen molar-refractivity contribution in [1.82, 2.24) is 5.01 Å². The summed E-state index contributed by atoms with van der Waals surface area (Å²) in [6.45, 7) is 0.679. The first kappa shape index (κ1) is 20.1. The Hall–Kier alpha value is -2.67. The van der Waals surface area contributed by atoms with Crippen molar-refractivity contribution in [3.05, 3.63) is 71.3 Å². The lowest BCUT2D eigenvalue weighted by atomic mass is 9.79. The minimum atomic E-state index is -0.937. The van der Waals surface area contributed by atoms with Crippen LogP contribution >= 0.6 is 0 Å². The van der Waals surface area contributed by atoms with Crippen molar-refractivity contribution >= 4 is 11.6 Å². The van der Waals surface area contributed by atoms with Crippen LogP contribution in [0.25, 0.3) is 0 Å². The van der Waals surface area contributed by atoms with E-state index in [0.717, 1.165) is 23.8 Å².